The summed E-state index contributed by atoms with van der Waals surface area (Å²) in [6.45, 7) is 3.42. The minimum Gasteiger partial charge on any atom is -0.350 e. The van der Waals surface area contributed by atoms with Gasteiger partial charge in [0.1, 0.15) is 4.88 Å². The van der Waals surface area contributed by atoms with Gasteiger partial charge in [0.05, 0.1) is 5.69 Å². The third kappa shape index (κ3) is 2.92. The first-order chi connectivity index (χ1) is 10.7. The fraction of sp³-hybridized carbons (Fsp3) is 0.500. The number of anilines is 1. The predicted octanol–water partition coefficient (Wildman–Crippen LogP) is 1.38. The van der Waals surface area contributed by atoms with Crippen LogP contribution in [-0.4, -0.2) is 56.8 Å². The molecule has 22 heavy (non-hydrogen) atoms. The third-order valence-corrected chi connectivity index (χ3v) is 4.72. The number of rotatable bonds is 4. The molecule has 7 nitrogen and oxygen atoms in total. The lowest BCUT2D eigenvalue weighted by molar-refractivity contribution is 0.0791. The molecule has 3 heterocycles. The molecule has 1 aliphatic rings. The fourth-order valence-corrected chi connectivity index (χ4v) is 3.43. The summed E-state index contributed by atoms with van der Waals surface area (Å²) in [5, 5.41) is 12.0. The molecule has 0 radical (unpaired) electrons. The van der Waals surface area contributed by atoms with Crippen molar-refractivity contribution >= 4 is 23.3 Å². The number of carbonyl (C=O) groups is 1. The molecule has 0 bridgehead atoms. The number of carbonyl (C=O) groups excluding carboxylic acids is 1. The normalized spacial score (nSPS) is 17.7. The molecule has 0 aliphatic carbocycles. The van der Waals surface area contributed by atoms with E-state index in [4.69, 9.17) is 0 Å². The largest absolute Gasteiger partial charge is 0.350 e. The Bertz CT molecular complexity index is 646. The van der Waals surface area contributed by atoms with Gasteiger partial charge < -0.3 is 9.80 Å². The van der Waals surface area contributed by atoms with Gasteiger partial charge in [-0.1, -0.05) is 4.49 Å². The van der Waals surface area contributed by atoms with Crippen molar-refractivity contribution in [3.05, 3.63) is 28.9 Å². The van der Waals surface area contributed by atoms with Crippen LogP contribution in [0.4, 0.5) is 5.82 Å². The maximum atomic E-state index is 12.5. The summed E-state index contributed by atoms with van der Waals surface area (Å²) in [4.78, 5) is 17.1. The standard InChI is InChI=1S/C14H18N6OS/c1-10-13(22-18-16-10)14(21)19(2)9-11-5-4-8-20(11)12-6-3-7-15-17-12/h3,6-7,11H,4-5,8-9H2,1-2H3/t11-/m1/s1. The Balaban J connectivity index is 1.69. The van der Waals surface area contributed by atoms with E-state index in [2.05, 4.69) is 24.7 Å². The van der Waals surface area contributed by atoms with Crippen LogP contribution in [0.2, 0.25) is 0 Å². The Labute approximate surface area is 133 Å². The minimum atomic E-state index is -0.0153. The smallest absolute Gasteiger partial charge is 0.267 e. The van der Waals surface area contributed by atoms with Crippen molar-refractivity contribution < 1.29 is 4.79 Å². The number of aryl methyl sites for hydroxylation is 1. The van der Waals surface area contributed by atoms with Gasteiger partial charge in [0.15, 0.2) is 5.82 Å². The molecular weight excluding hydrogens is 300 g/mol. The van der Waals surface area contributed by atoms with Crippen LogP contribution in [0, 0.1) is 6.92 Å². The lowest BCUT2D eigenvalue weighted by Crippen LogP contribution is -2.41. The van der Waals surface area contributed by atoms with Gasteiger partial charge in [0.2, 0.25) is 0 Å². The molecule has 0 N–H and O–H groups in total. The highest BCUT2D eigenvalue weighted by Gasteiger charge is 2.29. The zero-order chi connectivity index (χ0) is 15.5. The first-order valence-electron chi connectivity index (χ1n) is 7.25. The summed E-state index contributed by atoms with van der Waals surface area (Å²) >= 11 is 1.15. The van der Waals surface area contributed by atoms with E-state index in [0.717, 1.165) is 36.7 Å². The molecule has 1 atom stereocenters. The van der Waals surface area contributed by atoms with E-state index in [1.807, 2.05) is 26.1 Å². The summed E-state index contributed by atoms with van der Waals surface area (Å²) in [6.07, 6.45) is 3.82. The third-order valence-electron chi connectivity index (χ3n) is 3.91. The van der Waals surface area contributed by atoms with Gasteiger partial charge in [-0.25, -0.2) is 0 Å². The van der Waals surface area contributed by atoms with E-state index in [1.54, 1.807) is 11.1 Å². The highest BCUT2D eigenvalue weighted by Crippen LogP contribution is 2.24. The SMILES string of the molecule is Cc1nnsc1C(=O)N(C)C[C@H]1CCCN1c1cccnn1. The van der Waals surface area contributed by atoms with Gasteiger partial charge in [0.25, 0.3) is 5.91 Å². The van der Waals surface area contributed by atoms with E-state index in [1.165, 1.54) is 0 Å². The second kappa shape index (κ2) is 6.35. The Morgan fingerprint density at radius 2 is 2.36 bits per heavy atom. The second-order valence-electron chi connectivity index (χ2n) is 5.44. The Morgan fingerprint density at radius 1 is 1.50 bits per heavy atom. The highest BCUT2D eigenvalue weighted by atomic mass is 32.1. The van der Waals surface area contributed by atoms with Crippen molar-refractivity contribution in [3.63, 3.8) is 0 Å². The first kappa shape index (κ1) is 14.8. The summed E-state index contributed by atoms with van der Waals surface area (Å²) in [5.74, 6) is 0.861. The summed E-state index contributed by atoms with van der Waals surface area (Å²) in [5.41, 5.74) is 0.694. The van der Waals surface area contributed by atoms with Crippen molar-refractivity contribution in [2.45, 2.75) is 25.8 Å². The van der Waals surface area contributed by atoms with Crippen molar-refractivity contribution in [1.82, 2.24) is 24.7 Å². The lowest BCUT2D eigenvalue weighted by Gasteiger charge is -2.29. The van der Waals surface area contributed by atoms with Crippen molar-refractivity contribution in [2.75, 3.05) is 25.0 Å². The van der Waals surface area contributed by atoms with Gasteiger partial charge in [0, 0.05) is 32.4 Å². The van der Waals surface area contributed by atoms with E-state index >= 15 is 0 Å². The fourth-order valence-electron chi connectivity index (χ4n) is 2.77. The van der Waals surface area contributed by atoms with Crippen LogP contribution in [0.15, 0.2) is 18.3 Å². The Hall–Kier alpha value is -2.09. The van der Waals surface area contributed by atoms with Gasteiger partial charge in [-0.05, 0) is 43.4 Å². The van der Waals surface area contributed by atoms with E-state index in [0.29, 0.717) is 17.1 Å². The van der Waals surface area contributed by atoms with E-state index < -0.39 is 0 Å². The zero-order valence-electron chi connectivity index (χ0n) is 12.6. The van der Waals surface area contributed by atoms with Gasteiger partial charge >= 0.3 is 0 Å². The Kier molecular flexibility index (Phi) is 4.28. The van der Waals surface area contributed by atoms with E-state index in [-0.39, 0.29) is 11.9 Å². The number of hydrogen-bond donors (Lipinski definition) is 0. The maximum Gasteiger partial charge on any atom is 0.267 e. The molecule has 0 unspecified atom stereocenters. The van der Waals surface area contributed by atoms with Gasteiger partial charge in [-0.2, -0.15) is 5.10 Å². The average molecular weight is 318 g/mol. The molecule has 116 valence electrons. The molecular formula is C14H18N6OS. The number of hydrogen-bond acceptors (Lipinski definition) is 7. The quantitative estimate of drug-likeness (QED) is 0.848. The summed E-state index contributed by atoms with van der Waals surface area (Å²) in [7, 11) is 1.83. The lowest BCUT2D eigenvalue weighted by atomic mass is 10.2. The monoisotopic (exact) mass is 318 g/mol. The number of aromatic nitrogens is 4. The Morgan fingerprint density at radius 3 is 3.05 bits per heavy atom. The second-order valence-corrected chi connectivity index (χ2v) is 6.20. The molecule has 1 fully saturated rings. The van der Waals surface area contributed by atoms with E-state index in [9.17, 15) is 4.79 Å². The summed E-state index contributed by atoms with van der Waals surface area (Å²) in [6, 6.07) is 4.12. The minimum absolute atomic E-state index is 0.0153. The first-order valence-corrected chi connectivity index (χ1v) is 8.03. The molecule has 2 aromatic rings. The van der Waals surface area contributed by atoms with Crippen LogP contribution in [0.5, 0.6) is 0 Å². The number of nitrogens with zero attached hydrogens (tertiary/aromatic N) is 6. The van der Waals surface area contributed by atoms with Crippen LogP contribution >= 0.6 is 11.5 Å². The van der Waals surface area contributed by atoms with Crippen LogP contribution in [0.1, 0.15) is 28.2 Å². The molecule has 0 saturated carbocycles. The van der Waals surface area contributed by atoms with Crippen LogP contribution in [0.3, 0.4) is 0 Å². The highest BCUT2D eigenvalue weighted by molar-refractivity contribution is 7.07. The zero-order valence-corrected chi connectivity index (χ0v) is 13.5. The van der Waals surface area contributed by atoms with Crippen LogP contribution in [-0.2, 0) is 0 Å². The molecule has 1 aliphatic heterocycles. The molecule has 8 heteroatoms. The van der Waals surface area contributed by atoms with Crippen LogP contribution < -0.4 is 4.90 Å². The number of likely N-dealkylation sites (N-methyl/N-ethyl adjacent to an activating group) is 1. The maximum absolute atomic E-state index is 12.5. The predicted molar refractivity (Wildman–Crippen MR) is 84.0 cm³/mol. The summed E-state index contributed by atoms with van der Waals surface area (Å²) < 4.78 is 3.84. The molecule has 2 aromatic heterocycles. The molecule has 1 saturated heterocycles. The van der Waals surface area contributed by atoms with Crippen LogP contribution in [0.25, 0.3) is 0 Å². The van der Waals surface area contributed by atoms with Gasteiger partial charge in [-0.15, -0.1) is 10.2 Å². The molecule has 0 aromatic carbocycles. The molecule has 3 rings (SSSR count). The van der Waals surface area contributed by atoms with Crippen molar-refractivity contribution in [2.24, 2.45) is 0 Å². The van der Waals surface area contributed by atoms with Crippen molar-refractivity contribution in [3.8, 4) is 0 Å². The average Bonchev–Trinajstić information content (AvgIpc) is 3.16. The van der Waals surface area contributed by atoms with Gasteiger partial charge in [-0.3, -0.25) is 4.79 Å². The molecule has 1 amide bonds. The van der Waals surface area contributed by atoms with Crippen molar-refractivity contribution in [1.29, 1.82) is 0 Å². The molecule has 0 spiro atoms. The number of amides is 1. The topological polar surface area (TPSA) is 75.1 Å².